The molecule has 3 nitrogen and oxygen atoms in total. The summed E-state index contributed by atoms with van der Waals surface area (Å²) in [5.41, 5.74) is 1.06. The van der Waals surface area contributed by atoms with Crippen molar-refractivity contribution < 1.29 is 0 Å². The van der Waals surface area contributed by atoms with E-state index in [4.69, 9.17) is 0 Å². The number of rotatable bonds is 2. The molecule has 0 N–H and O–H groups in total. The second-order valence-electron chi connectivity index (χ2n) is 2.22. The van der Waals surface area contributed by atoms with Crippen LogP contribution in [0.3, 0.4) is 0 Å². The van der Waals surface area contributed by atoms with Crippen LogP contribution in [0.2, 0.25) is 0 Å². The summed E-state index contributed by atoms with van der Waals surface area (Å²) < 4.78 is 1.82. The molecule has 0 saturated carbocycles. The Labute approximate surface area is 65.2 Å². The molecule has 1 heterocycles. The zero-order valence-corrected chi connectivity index (χ0v) is 6.67. The van der Waals surface area contributed by atoms with Gasteiger partial charge in [-0.15, -0.1) is 22.8 Å². The lowest BCUT2D eigenvalue weighted by Gasteiger charge is -1.99. The minimum Gasteiger partial charge on any atom is -0.305 e. The van der Waals surface area contributed by atoms with E-state index in [0.717, 1.165) is 12.1 Å². The zero-order valence-electron chi connectivity index (χ0n) is 5.78. The largest absolute Gasteiger partial charge is 0.305 e. The third-order valence-corrected chi connectivity index (χ3v) is 1.38. The van der Waals surface area contributed by atoms with Gasteiger partial charge in [0, 0.05) is 6.54 Å². The third-order valence-electron chi connectivity index (χ3n) is 1.04. The summed E-state index contributed by atoms with van der Waals surface area (Å²) in [6, 6.07) is 0. The second-order valence-corrected chi connectivity index (χ2v) is 2.62. The van der Waals surface area contributed by atoms with E-state index in [2.05, 4.69) is 29.4 Å². The van der Waals surface area contributed by atoms with Gasteiger partial charge in [-0.3, -0.25) is 0 Å². The van der Waals surface area contributed by atoms with Crippen molar-refractivity contribution in [2.75, 3.05) is 0 Å². The highest BCUT2D eigenvalue weighted by Gasteiger charge is 1.96. The number of hydrogen-bond donors (Lipinski definition) is 1. The molecule has 10 heavy (non-hydrogen) atoms. The molecule has 0 atom stereocenters. The Morgan fingerprint density at radius 3 is 3.00 bits per heavy atom. The van der Waals surface area contributed by atoms with Gasteiger partial charge in [-0.1, -0.05) is 12.2 Å². The maximum Gasteiger partial charge on any atom is 0.188 e. The molecule has 0 spiro atoms. The lowest BCUT2D eigenvalue weighted by molar-refractivity contribution is 0.703. The second kappa shape index (κ2) is 2.88. The SMILES string of the molecule is C=C(C)Cn1cnnc1S. The van der Waals surface area contributed by atoms with Crippen molar-refractivity contribution in [3.8, 4) is 0 Å². The topological polar surface area (TPSA) is 30.7 Å². The first-order valence-corrected chi connectivity index (χ1v) is 3.36. The van der Waals surface area contributed by atoms with E-state index in [1.165, 1.54) is 0 Å². The van der Waals surface area contributed by atoms with Gasteiger partial charge in [0.2, 0.25) is 0 Å². The number of nitrogens with zero attached hydrogens (tertiary/aromatic N) is 3. The first-order valence-electron chi connectivity index (χ1n) is 2.91. The van der Waals surface area contributed by atoms with E-state index in [1.807, 2.05) is 11.5 Å². The summed E-state index contributed by atoms with van der Waals surface area (Å²) in [4.78, 5) is 0. The monoisotopic (exact) mass is 155 g/mol. The van der Waals surface area contributed by atoms with Crippen molar-refractivity contribution in [2.24, 2.45) is 0 Å². The van der Waals surface area contributed by atoms with Gasteiger partial charge >= 0.3 is 0 Å². The molecule has 0 fully saturated rings. The van der Waals surface area contributed by atoms with Crippen molar-refractivity contribution in [3.63, 3.8) is 0 Å². The van der Waals surface area contributed by atoms with Crippen LogP contribution in [0.5, 0.6) is 0 Å². The Hall–Kier alpha value is -0.770. The molecule has 4 heteroatoms. The molecule has 0 unspecified atom stereocenters. The van der Waals surface area contributed by atoms with E-state index in [-0.39, 0.29) is 0 Å². The van der Waals surface area contributed by atoms with E-state index in [1.54, 1.807) is 6.33 Å². The average molecular weight is 155 g/mol. The molecule has 0 saturated heterocycles. The van der Waals surface area contributed by atoms with Crippen LogP contribution in [0, 0.1) is 0 Å². The van der Waals surface area contributed by atoms with Crippen molar-refractivity contribution >= 4 is 12.6 Å². The minimum absolute atomic E-state index is 0.628. The predicted molar refractivity (Wildman–Crippen MR) is 42.1 cm³/mol. The summed E-state index contributed by atoms with van der Waals surface area (Å²) in [6.07, 6.45) is 1.64. The molecule has 0 aliphatic carbocycles. The van der Waals surface area contributed by atoms with Gasteiger partial charge in [0.1, 0.15) is 6.33 Å². The Balaban J connectivity index is 2.74. The Morgan fingerprint density at radius 1 is 1.90 bits per heavy atom. The minimum atomic E-state index is 0.628. The molecule has 0 aliphatic heterocycles. The number of thiol groups is 1. The fourth-order valence-electron chi connectivity index (χ4n) is 0.651. The molecule has 0 radical (unpaired) electrons. The standard InChI is InChI=1S/C6H9N3S/c1-5(2)3-9-4-7-8-6(9)10/h4H,1,3H2,2H3,(H,8,10). The highest BCUT2D eigenvalue weighted by molar-refractivity contribution is 7.80. The summed E-state index contributed by atoms with van der Waals surface area (Å²) in [5, 5.41) is 8.00. The molecule has 1 aromatic heterocycles. The molecule has 0 bridgehead atoms. The fraction of sp³-hybridized carbons (Fsp3) is 0.333. The number of allylic oxidation sites excluding steroid dienone is 1. The molecular formula is C6H9N3S. The van der Waals surface area contributed by atoms with Gasteiger partial charge < -0.3 is 4.57 Å². The van der Waals surface area contributed by atoms with E-state index >= 15 is 0 Å². The van der Waals surface area contributed by atoms with Crippen LogP contribution in [-0.2, 0) is 6.54 Å². The predicted octanol–water partition coefficient (Wildman–Crippen LogP) is 1.14. The highest BCUT2D eigenvalue weighted by Crippen LogP contribution is 2.02. The molecule has 0 aliphatic rings. The van der Waals surface area contributed by atoms with Crippen LogP contribution in [0.15, 0.2) is 23.6 Å². The van der Waals surface area contributed by atoms with Gasteiger partial charge in [0.05, 0.1) is 0 Å². The Bertz CT molecular complexity index is 241. The van der Waals surface area contributed by atoms with Crippen LogP contribution in [-0.4, -0.2) is 14.8 Å². The first-order chi connectivity index (χ1) is 4.70. The van der Waals surface area contributed by atoms with Crippen LogP contribution < -0.4 is 0 Å². The highest BCUT2D eigenvalue weighted by atomic mass is 32.1. The molecular weight excluding hydrogens is 146 g/mol. The lowest BCUT2D eigenvalue weighted by Crippen LogP contribution is -1.96. The van der Waals surface area contributed by atoms with Crippen LogP contribution in [0.1, 0.15) is 6.92 Å². The van der Waals surface area contributed by atoms with Crippen LogP contribution >= 0.6 is 12.6 Å². The van der Waals surface area contributed by atoms with Gasteiger partial charge in [0.25, 0.3) is 0 Å². The summed E-state index contributed by atoms with van der Waals surface area (Å²) in [5.74, 6) is 0. The maximum absolute atomic E-state index is 4.07. The van der Waals surface area contributed by atoms with Gasteiger partial charge in [-0.05, 0) is 6.92 Å². The van der Waals surface area contributed by atoms with Gasteiger partial charge in [0.15, 0.2) is 5.16 Å². The fourth-order valence-corrected chi connectivity index (χ4v) is 0.825. The van der Waals surface area contributed by atoms with Crippen molar-refractivity contribution in [2.45, 2.75) is 18.6 Å². The molecule has 0 amide bonds. The Kier molecular flexibility index (Phi) is 2.11. The maximum atomic E-state index is 4.07. The van der Waals surface area contributed by atoms with E-state index in [0.29, 0.717) is 5.16 Å². The first kappa shape index (κ1) is 7.34. The average Bonchev–Trinajstić information content (AvgIpc) is 2.15. The summed E-state index contributed by atoms with van der Waals surface area (Å²) in [7, 11) is 0. The number of aromatic nitrogens is 3. The van der Waals surface area contributed by atoms with Crippen molar-refractivity contribution in [3.05, 3.63) is 18.5 Å². The van der Waals surface area contributed by atoms with Crippen molar-refractivity contribution in [1.82, 2.24) is 14.8 Å². The Morgan fingerprint density at radius 2 is 2.60 bits per heavy atom. The molecule has 54 valence electrons. The smallest absolute Gasteiger partial charge is 0.188 e. The normalized spacial score (nSPS) is 9.80. The van der Waals surface area contributed by atoms with Gasteiger partial charge in [-0.2, -0.15) is 0 Å². The van der Waals surface area contributed by atoms with Crippen molar-refractivity contribution in [1.29, 1.82) is 0 Å². The number of hydrogen-bond acceptors (Lipinski definition) is 3. The molecule has 1 aromatic rings. The lowest BCUT2D eigenvalue weighted by atomic mass is 10.3. The third kappa shape index (κ3) is 1.60. The van der Waals surface area contributed by atoms with Crippen LogP contribution in [0.25, 0.3) is 0 Å². The zero-order chi connectivity index (χ0) is 7.56. The van der Waals surface area contributed by atoms with Crippen LogP contribution in [0.4, 0.5) is 0 Å². The van der Waals surface area contributed by atoms with Gasteiger partial charge in [-0.25, -0.2) is 0 Å². The molecule has 1 rings (SSSR count). The summed E-state index contributed by atoms with van der Waals surface area (Å²) in [6.45, 7) is 6.45. The van der Waals surface area contributed by atoms with E-state index in [9.17, 15) is 0 Å². The molecule has 0 aromatic carbocycles. The van der Waals surface area contributed by atoms with E-state index < -0.39 is 0 Å². The quantitative estimate of drug-likeness (QED) is 0.513. The summed E-state index contributed by atoms with van der Waals surface area (Å²) >= 11 is 4.07.